The van der Waals surface area contributed by atoms with Gasteiger partial charge in [0.25, 0.3) is 0 Å². The molecule has 1 fully saturated rings. The average Bonchev–Trinajstić information content (AvgIpc) is 2.91. The standard InChI is InChI=1S/C15H26/c1-6-8-11(3)9-14(12(4)7-2)15-10-13(15)5/h7,9,12-15H,2,6,8,10H2,1,3-5H3. The third-order valence-electron chi connectivity index (χ3n) is 3.77. The molecule has 1 aliphatic carbocycles. The Bertz CT molecular complexity index is 236. The second-order valence-electron chi connectivity index (χ2n) is 5.31. The Labute approximate surface area is 95.5 Å². The largest absolute Gasteiger partial charge is 0.103 e. The van der Waals surface area contributed by atoms with Crippen LogP contribution in [0.1, 0.15) is 47.0 Å². The van der Waals surface area contributed by atoms with E-state index in [2.05, 4.69) is 46.4 Å². The molecule has 1 rings (SSSR count). The van der Waals surface area contributed by atoms with Gasteiger partial charge in [0.1, 0.15) is 0 Å². The maximum Gasteiger partial charge on any atom is -0.0140 e. The quantitative estimate of drug-likeness (QED) is 0.546. The van der Waals surface area contributed by atoms with Crippen molar-refractivity contribution in [2.45, 2.75) is 47.0 Å². The van der Waals surface area contributed by atoms with E-state index in [1.807, 2.05) is 0 Å². The summed E-state index contributed by atoms with van der Waals surface area (Å²) in [6, 6.07) is 0. The first-order valence-electron chi connectivity index (χ1n) is 6.40. The minimum absolute atomic E-state index is 0.631. The SMILES string of the molecule is C=CC(C)C(C=C(C)CCC)C1CC1C. The highest BCUT2D eigenvalue weighted by atomic mass is 14.4. The van der Waals surface area contributed by atoms with Crippen LogP contribution >= 0.6 is 0 Å². The lowest BCUT2D eigenvalue weighted by Gasteiger charge is -2.19. The van der Waals surface area contributed by atoms with Crippen molar-refractivity contribution in [3.8, 4) is 0 Å². The highest BCUT2D eigenvalue weighted by Crippen LogP contribution is 2.47. The van der Waals surface area contributed by atoms with Gasteiger partial charge in [-0.15, -0.1) is 6.58 Å². The molecular weight excluding hydrogens is 180 g/mol. The molecular formula is C15H26. The van der Waals surface area contributed by atoms with Gasteiger partial charge in [0, 0.05) is 0 Å². The molecule has 0 aromatic carbocycles. The van der Waals surface area contributed by atoms with Crippen molar-refractivity contribution in [2.24, 2.45) is 23.7 Å². The normalized spacial score (nSPS) is 29.7. The van der Waals surface area contributed by atoms with Crippen molar-refractivity contribution in [1.29, 1.82) is 0 Å². The van der Waals surface area contributed by atoms with Crippen molar-refractivity contribution in [3.63, 3.8) is 0 Å². The lowest BCUT2D eigenvalue weighted by atomic mass is 9.86. The van der Waals surface area contributed by atoms with Crippen LogP contribution in [-0.4, -0.2) is 0 Å². The molecule has 0 aromatic heterocycles. The van der Waals surface area contributed by atoms with Crippen molar-refractivity contribution in [3.05, 3.63) is 24.3 Å². The van der Waals surface area contributed by atoms with Gasteiger partial charge >= 0.3 is 0 Å². The molecule has 0 aromatic rings. The van der Waals surface area contributed by atoms with Gasteiger partial charge in [0.05, 0.1) is 0 Å². The van der Waals surface area contributed by atoms with Gasteiger partial charge in [-0.2, -0.15) is 0 Å². The smallest absolute Gasteiger partial charge is 0.0140 e. The average molecular weight is 206 g/mol. The van der Waals surface area contributed by atoms with E-state index in [4.69, 9.17) is 0 Å². The summed E-state index contributed by atoms with van der Waals surface area (Å²) < 4.78 is 0. The predicted molar refractivity (Wildman–Crippen MR) is 68.8 cm³/mol. The van der Waals surface area contributed by atoms with Crippen LogP contribution in [0.2, 0.25) is 0 Å². The maximum absolute atomic E-state index is 3.94. The molecule has 0 saturated heterocycles. The molecule has 0 spiro atoms. The zero-order chi connectivity index (χ0) is 11.4. The fourth-order valence-corrected chi connectivity index (χ4v) is 2.52. The molecule has 0 bridgehead atoms. The van der Waals surface area contributed by atoms with E-state index in [0.717, 1.165) is 17.8 Å². The summed E-state index contributed by atoms with van der Waals surface area (Å²) in [5, 5.41) is 0. The molecule has 0 heteroatoms. The first-order valence-corrected chi connectivity index (χ1v) is 6.40. The van der Waals surface area contributed by atoms with Gasteiger partial charge in [-0.1, -0.05) is 44.9 Å². The van der Waals surface area contributed by atoms with E-state index in [1.165, 1.54) is 19.3 Å². The van der Waals surface area contributed by atoms with E-state index >= 15 is 0 Å². The number of hydrogen-bond donors (Lipinski definition) is 0. The fourth-order valence-electron chi connectivity index (χ4n) is 2.52. The summed E-state index contributed by atoms with van der Waals surface area (Å²) in [6.07, 6.45) is 8.56. The number of allylic oxidation sites excluding steroid dienone is 3. The predicted octanol–water partition coefficient (Wildman–Crippen LogP) is 4.83. The van der Waals surface area contributed by atoms with Crippen molar-refractivity contribution < 1.29 is 0 Å². The summed E-state index contributed by atoms with van der Waals surface area (Å²) in [6.45, 7) is 13.1. The summed E-state index contributed by atoms with van der Waals surface area (Å²) >= 11 is 0. The Kier molecular flexibility index (Phi) is 4.63. The molecule has 4 unspecified atom stereocenters. The lowest BCUT2D eigenvalue weighted by molar-refractivity contribution is 0.434. The van der Waals surface area contributed by atoms with E-state index in [0.29, 0.717) is 5.92 Å². The number of rotatable bonds is 6. The second kappa shape index (κ2) is 5.53. The van der Waals surface area contributed by atoms with Crippen LogP contribution in [0.5, 0.6) is 0 Å². The Balaban J connectivity index is 2.64. The van der Waals surface area contributed by atoms with Gasteiger partial charge in [-0.05, 0) is 43.4 Å². The molecule has 1 aliphatic rings. The Morgan fingerprint density at radius 1 is 1.53 bits per heavy atom. The van der Waals surface area contributed by atoms with E-state index < -0.39 is 0 Å². The van der Waals surface area contributed by atoms with Crippen molar-refractivity contribution in [1.82, 2.24) is 0 Å². The zero-order valence-corrected chi connectivity index (χ0v) is 10.8. The van der Waals surface area contributed by atoms with Crippen LogP contribution in [0.25, 0.3) is 0 Å². The first-order chi connectivity index (χ1) is 7.10. The van der Waals surface area contributed by atoms with Gasteiger partial charge in [-0.3, -0.25) is 0 Å². The van der Waals surface area contributed by atoms with Crippen LogP contribution in [0, 0.1) is 23.7 Å². The zero-order valence-electron chi connectivity index (χ0n) is 10.8. The molecule has 0 amide bonds. The third-order valence-corrected chi connectivity index (χ3v) is 3.77. The van der Waals surface area contributed by atoms with Gasteiger partial charge in [-0.25, -0.2) is 0 Å². The van der Waals surface area contributed by atoms with Crippen molar-refractivity contribution >= 4 is 0 Å². The Morgan fingerprint density at radius 3 is 2.53 bits per heavy atom. The van der Waals surface area contributed by atoms with Crippen molar-refractivity contribution in [2.75, 3.05) is 0 Å². The van der Waals surface area contributed by atoms with Crippen LogP contribution in [-0.2, 0) is 0 Å². The molecule has 0 N–H and O–H groups in total. The molecule has 0 nitrogen and oxygen atoms in total. The maximum atomic E-state index is 3.94. The fraction of sp³-hybridized carbons (Fsp3) is 0.733. The lowest BCUT2D eigenvalue weighted by Crippen LogP contribution is -2.10. The molecule has 0 radical (unpaired) electrons. The number of hydrogen-bond acceptors (Lipinski definition) is 0. The molecule has 86 valence electrons. The molecule has 15 heavy (non-hydrogen) atoms. The molecule has 0 aliphatic heterocycles. The van der Waals surface area contributed by atoms with E-state index in [1.54, 1.807) is 5.57 Å². The van der Waals surface area contributed by atoms with Gasteiger partial charge < -0.3 is 0 Å². The highest BCUT2D eigenvalue weighted by Gasteiger charge is 2.39. The van der Waals surface area contributed by atoms with Crippen LogP contribution in [0.15, 0.2) is 24.3 Å². The topological polar surface area (TPSA) is 0 Å². The van der Waals surface area contributed by atoms with E-state index in [-0.39, 0.29) is 0 Å². The Hall–Kier alpha value is -0.520. The van der Waals surface area contributed by atoms with Crippen LogP contribution < -0.4 is 0 Å². The first kappa shape index (κ1) is 12.5. The Morgan fingerprint density at radius 2 is 2.13 bits per heavy atom. The van der Waals surface area contributed by atoms with Gasteiger partial charge in [0.15, 0.2) is 0 Å². The van der Waals surface area contributed by atoms with Crippen LogP contribution in [0.3, 0.4) is 0 Å². The second-order valence-corrected chi connectivity index (χ2v) is 5.31. The monoisotopic (exact) mass is 206 g/mol. The molecule has 0 heterocycles. The summed E-state index contributed by atoms with van der Waals surface area (Å²) in [5.74, 6) is 3.23. The molecule has 4 atom stereocenters. The highest BCUT2D eigenvalue weighted by molar-refractivity contribution is 5.09. The van der Waals surface area contributed by atoms with Crippen LogP contribution in [0.4, 0.5) is 0 Å². The van der Waals surface area contributed by atoms with E-state index in [9.17, 15) is 0 Å². The summed E-state index contributed by atoms with van der Waals surface area (Å²) in [4.78, 5) is 0. The minimum atomic E-state index is 0.631. The molecule has 1 saturated carbocycles. The minimum Gasteiger partial charge on any atom is -0.103 e. The summed E-state index contributed by atoms with van der Waals surface area (Å²) in [5.41, 5.74) is 1.57. The van der Waals surface area contributed by atoms with Gasteiger partial charge in [0.2, 0.25) is 0 Å². The third kappa shape index (κ3) is 3.52. The summed E-state index contributed by atoms with van der Waals surface area (Å²) in [7, 11) is 0.